The van der Waals surface area contributed by atoms with Crippen molar-refractivity contribution in [3.8, 4) is 5.75 Å². The lowest BCUT2D eigenvalue weighted by Crippen LogP contribution is -2.40. The summed E-state index contributed by atoms with van der Waals surface area (Å²) in [7, 11) is 0. The summed E-state index contributed by atoms with van der Waals surface area (Å²) in [5.41, 5.74) is 0. The number of hydrogen-bond acceptors (Lipinski definition) is 4. The van der Waals surface area contributed by atoms with E-state index in [2.05, 4.69) is 12.2 Å². The van der Waals surface area contributed by atoms with Gasteiger partial charge in [0.2, 0.25) is 11.8 Å². The van der Waals surface area contributed by atoms with Crippen molar-refractivity contribution in [2.45, 2.75) is 6.42 Å². The number of nitrogens with zero attached hydrogens (tertiary/aromatic N) is 1. The van der Waals surface area contributed by atoms with E-state index >= 15 is 0 Å². The monoisotopic (exact) mass is 341 g/mol. The Balaban J connectivity index is 1.32. The minimum Gasteiger partial charge on any atom is -0.425 e. The molecule has 0 radical (unpaired) electrons. The number of esters is 1. The van der Waals surface area contributed by atoms with Crippen LogP contribution in [0.2, 0.25) is 0 Å². The molecular formula is C19H16FNO4. The fourth-order valence-corrected chi connectivity index (χ4v) is 4.97. The number of allylic oxidation sites excluding steroid dienone is 2. The summed E-state index contributed by atoms with van der Waals surface area (Å²) in [6, 6.07) is 5.02. The van der Waals surface area contributed by atoms with Gasteiger partial charge in [-0.2, -0.15) is 0 Å². The second-order valence-corrected chi connectivity index (χ2v) is 7.35. The molecule has 0 unspecified atom stereocenters. The molecule has 0 spiro atoms. The van der Waals surface area contributed by atoms with Gasteiger partial charge in [0.05, 0.1) is 11.8 Å². The smallest absolute Gasteiger partial charge is 0.331 e. The zero-order valence-electron chi connectivity index (χ0n) is 13.3. The molecule has 6 atom stereocenters. The molecular weight excluding hydrogens is 325 g/mol. The standard InChI is InChI=1S/C19H16FNO4/c20-9-1-3-10(4-2-9)25-15(22)8-21-18(23)16-11-5-6-12(14-7-13(11)14)17(16)19(21)24/h1-6,11-14,16-17H,7-8H2/t11-,12-,13-,14+,16+,17+/m0/s1. The lowest BCUT2D eigenvalue weighted by molar-refractivity contribution is -0.148. The van der Waals surface area contributed by atoms with E-state index in [9.17, 15) is 18.8 Å². The highest BCUT2D eigenvalue weighted by atomic mass is 19.1. The number of rotatable bonds is 3. The van der Waals surface area contributed by atoms with Crippen molar-refractivity contribution in [1.29, 1.82) is 0 Å². The molecule has 6 heteroatoms. The number of carbonyl (C=O) groups is 3. The van der Waals surface area contributed by atoms with Crippen LogP contribution in [0.4, 0.5) is 4.39 Å². The first-order valence-electron chi connectivity index (χ1n) is 8.54. The number of ether oxygens (including phenoxy) is 1. The molecule has 3 fully saturated rings. The second-order valence-electron chi connectivity index (χ2n) is 7.35. The van der Waals surface area contributed by atoms with E-state index in [4.69, 9.17) is 4.74 Å². The Morgan fingerprint density at radius 3 is 2.16 bits per heavy atom. The Morgan fingerprint density at radius 1 is 1.04 bits per heavy atom. The van der Waals surface area contributed by atoms with Gasteiger partial charge in [-0.1, -0.05) is 12.2 Å². The van der Waals surface area contributed by atoms with Crippen LogP contribution >= 0.6 is 0 Å². The van der Waals surface area contributed by atoms with Crippen LogP contribution in [-0.4, -0.2) is 29.2 Å². The van der Waals surface area contributed by atoms with Crippen molar-refractivity contribution >= 4 is 17.8 Å². The van der Waals surface area contributed by atoms with Crippen LogP contribution in [0.1, 0.15) is 6.42 Å². The van der Waals surface area contributed by atoms with Crippen molar-refractivity contribution in [3.63, 3.8) is 0 Å². The highest BCUT2D eigenvalue weighted by Crippen LogP contribution is 2.65. The van der Waals surface area contributed by atoms with Gasteiger partial charge in [-0.3, -0.25) is 14.5 Å². The predicted molar refractivity (Wildman–Crippen MR) is 83.5 cm³/mol. The van der Waals surface area contributed by atoms with Crippen LogP contribution in [0.3, 0.4) is 0 Å². The van der Waals surface area contributed by atoms with Gasteiger partial charge in [-0.25, -0.2) is 9.18 Å². The Labute approximate surface area is 143 Å². The van der Waals surface area contributed by atoms with Gasteiger partial charge in [-0.15, -0.1) is 0 Å². The molecule has 1 aromatic carbocycles. The molecule has 1 saturated heterocycles. The third-order valence-electron chi connectivity index (χ3n) is 6.09. The van der Waals surface area contributed by atoms with Gasteiger partial charge in [-0.05, 0) is 54.4 Å². The van der Waals surface area contributed by atoms with Crippen LogP contribution in [0.5, 0.6) is 5.75 Å². The molecule has 6 rings (SSSR count). The lowest BCUT2D eigenvalue weighted by Gasteiger charge is -2.37. The van der Waals surface area contributed by atoms with E-state index in [1.165, 1.54) is 24.3 Å². The highest BCUT2D eigenvalue weighted by molar-refractivity contribution is 6.08. The maximum atomic E-state index is 12.9. The van der Waals surface area contributed by atoms with Crippen LogP contribution in [-0.2, 0) is 14.4 Å². The number of likely N-dealkylation sites (tertiary alicyclic amines) is 1. The summed E-state index contributed by atoms with van der Waals surface area (Å²) in [6.45, 7) is -0.392. The highest BCUT2D eigenvalue weighted by Gasteiger charge is 2.67. The molecule has 5 nitrogen and oxygen atoms in total. The topological polar surface area (TPSA) is 63.7 Å². The third kappa shape index (κ3) is 2.09. The number of amides is 2. The first kappa shape index (κ1) is 14.8. The number of halogens is 1. The maximum Gasteiger partial charge on any atom is 0.331 e. The van der Waals surface area contributed by atoms with Gasteiger partial charge in [0.15, 0.2) is 0 Å². The zero-order chi connectivity index (χ0) is 17.3. The molecule has 5 aliphatic rings. The van der Waals surface area contributed by atoms with Crippen molar-refractivity contribution in [3.05, 3.63) is 42.2 Å². The van der Waals surface area contributed by atoms with E-state index in [-0.39, 0.29) is 41.2 Å². The molecule has 1 aliphatic heterocycles. The summed E-state index contributed by atoms with van der Waals surface area (Å²) in [5, 5.41) is 0. The average molecular weight is 341 g/mol. The molecule has 1 heterocycles. The minimum absolute atomic E-state index is 0.134. The molecule has 2 amide bonds. The molecule has 2 bridgehead atoms. The van der Waals surface area contributed by atoms with Gasteiger partial charge < -0.3 is 4.74 Å². The van der Waals surface area contributed by atoms with Crippen molar-refractivity contribution in [2.75, 3.05) is 6.54 Å². The van der Waals surface area contributed by atoms with E-state index in [1.807, 2.05) is 0 Å². The summed E-state index contributed by atoms with van der Waals surface area (Å²) in [6.07, 6.45) is 5.28. The third-order valence-corrected chi connectivity index (χ3v) is 6.09. The number of hydrogen-bond donors (Lipinski definition) is 0. The van der Waals surface area contributed by atoms with Gasteiger partial charge in [0, 0.05) is 0 Å². The minimum atomic E-state index is -0.697. The molecule has 25 heavy (non-hydrogen) atoms. The van der Waals surface area contributed by atoms with E-state index < -0.39 is 18.3 Å². The number of benzene rings is 1. The van der Waals surface area contributed by atoms with E-state index in [0.717, 1.165) is 11.3 Å². The SMILES string of the molecule is O=C(CN1C(=O)[C@@H]2[C@H]3C=C[C@@H]([C@@H]4C[C@H]34)[C@H]2C1=O)Oc1ccc(F)cc1. The Kier molecular flexibility index (Phi) is 2.96. The Bertz CT molecular complexity index is 781. The first-order valence-corrected chi connectivity index (χ1v) is 8.54. The molecule has 0 N–H and O–H groups in total. The quantitative estimate of drug-likeness (QED) is 0.364. The Morgan fingerprint density at radius 2 is 1.60 bits per heavy atom. The fraction of sp³-hybridized carbons (Fsp3) is 0.421. The molecule has 2 saturated carbocycles. The zero-order valence-corrected chi connectivity index (χ0v) is 13.3. The summed E-state index contributed by atoms with van der Waals surface area (Å²) < 4.78 is 18.0. The maximum absolute atomic E-state index is 12.9. The van der Waals surface area contributed by atoms with E-state index in [1.54, 1.807) is 0 Å². The molecule has 4 aliphatic carbocycles. The normalized spacial score (nSPS) is 37.1. The van der Waals surface area contributed by atoms with Gasteiger partial charge >= 0.3 is 5.97 Å². The number of imide groups is 1. The van der Waals surface area contributed by atoms with Crippen LogP contribution < -0.4 is 4.74 Å². The van der Waals surface area contributed by atoms with Crippen LogP contribution in [0.25, 0.3) is 0 Å². The van der Waals surface area contributed by atoms with Crippen LogP contribution in [0.15, 0.2) is 36.4 Å². The van der Waals surface area contributed by atoms with E-state index in [0.29, 0.717) is 11.8 Å². The number of carbonyl (C=O) groups excluding carboxylic acids is 3. The summed E-state index contributed by atoms with van der Waals surface area (Å²) >= 11 is 0. The summed E-state index contributed by atoms with van der Waals surface area (Å²) in [4.78, 5) is 38.7. The van der Waals surface area contributed by atoms with Crippen molar-refractivity contribution < 1.29 is 23.5 Å². The van der Waals surface area contributed by atoms with Gasteiger partial charge in [0.25, 0.3) is 0 Å². The average Bonchev–Trinajstić information content (AvgIpc) is 3.38. The molecule has 1 aromatic rings. The fourth-order valence-electron chi connectivity index (χ4n) is 4.97. The molecule has 128 valence electrons. The largest absolute Gasteiger partial charge is 0.425 e. The second kappa shape index (κ2) is 5.00. The van der Waals surface area contributed by atoms with Gasteiger partial charge in [0.1, 0.15) is 18.1 Å². The summed E-state index contributed by atoms with van der Waals surface area (Å²) in [5.74, 6) is -0.762. The Hall–Kier alpha value is -2.50. The van der Waals surface area contributed by atoms with Crippen molar-refractivity contribution in [2.24, 2.45) is 35.5 Å². The predicted octanol–water partition coefficient (Wildman–Crippen LogP) is 1.78. The van der Waals surface area contributed by atoms with Crippen LogP contribution in [0, 0.1) is 41.3 Å². The first-order chi connectivity index (χ1) is 12.0. The molecule has 0 aromatic heterocycles. The lowest BCUT2D eigenvalue weighted by atomic mass is 9.63. The van der Waals surface area contributed by atoms with Crippen molar-refractivity contribution in [1.82, 2.24) is 4.90 Å².